The first-order valence-electron chi connectivity index (χ1n) is 13.8. The number of likely N-dealkylation sites (tertiary alicyclic amines) is 1. The van der Waals surface area contributed by atoms with Crippen LogP contribution in [0.3, 0.4) is 0 Å². The molecule has 3 aliphatic carbocycles. The first-order chi connectivity index (χ1) is 20.6. The third-order valence-electron chi connectivity index (χ3n) is 9.10. The highest BCUT2D eigenvalue weighted by molar-refractivity contribution is 9.10. The van der Waals surface area contributed by atoms with E-state index in [0.717, 1.165) is 10.5 Å². The lowest BCUT2D eigenvalue weighted by Gasteiger charge is -2.54. The van der Waals surface area contributed by atoms with Crippen LogP contribution in [0.25, 0.3) is 0 Å². The second-order valence-corrected chi connectivity index (χ2v) is 13.7. The van der Waals surface area contributed by atoms with Crippen LogP contribution in [0.15, 0.2) is 95.5 Å². The number of alkyl halides is 2. The van der Waals surface area contributed by atoms with Gasteiger partial charge in [-0.2, -0.15) is 0 Å². The first-order valence-corrected chi connectivity index (χ1v) is 15.8. The number of hydrogen-bond donors (Lipinski definition) is 1. The van der Waals surface area contributed by atoms with Crippen LogP contribution in [0.4, 0.5) is 5.69 Å². The molecule has 0 spiro atoms. The van der Waals surface area contributed by atoms with Gasteiger partial charge in [0, 0.05) is 16.6 Å². The van der Waals surface area contributed by atoms with Gasteiger partial charge in [0.1, 0.15) is 15.8 Å². The highest BCUT2D eigenvalue weighted by Gasteiger charge is 2.73. The summed E-state index contributed by atoms with van der Waals surface area (Å²) in [4.78, 5) is 41.8. The second kappa shape index (κ2) is 10.2. The van der Waals surface area contributed by atoms with Crippen molar-refractivity contribution in [1.82, 2.24) is 4.90 Å². The van der Waals surface area contributed by atoms with Gasteiger partial charge in [0.05, 0.1) is 16.9 Å². The van der Waals surface area contributed by atoms with E-state index in [2.05, 4.69) is 21.2 Å². The Bertz CT molecular complexity index is 1720. The third kappa shape index (κ3) is 3.93. The molecule has 1 heterocycles. The number of anilines is 1. The van der Waals surface area contributed by atoms with E-state index >= 15 is 0 Å². The van der Waals surface area contributed by atoms with E-state index in [0.29, 0.717) is 43.0 Å². The highest BCUT2D eigenvalue weighted by Crippen LogP contribution is 2.69. The van der Waals surface area contributed by atoms with Crippen molar-refractivity contribution in [3.63, 3.8) is 0 Å². The van der Waals surface area contributed by atoms with Crippen molar-refractivity contribution in [2.24, 2.45) is 11.8 Å². The molecule has 0 unspecified atom stereocenters. The van der Waals surface area contributed by atoms with Crippen molar-refractivity contribution < 1.29 is 14.4 Å². The molecule has 1 saturated heterocycles. The van der Waals surface area contributed by atoms with Crippen LogP contribution in [0.5, 0.6) is 0 Å². The fourth-order valence-electron chi connectivity index (χ4n) is 7.14. The summed E-state index contributed by atoms with van der Waals surface area (Å²) in [5.41, 5.74) is 4.75. The van der Waals surface area contributed by atoms with Crippen molar-refractivity contribution in [2.75, 3.05) is 5.32 Å². The monoisotopic (exact) mass is 692 g/mol. The minimum absolute atomic E-state index is 0.109. The normalized spacial score (nSPS) is 25.7. The molecular formula is C34H24BrCl3N2O3. The zero-order chi connectivity index (χ0) is 30.3. The van der Waals surface area contributed by atoms with Crippen molar-refractivity contribution in [1.29, 1.82) is 0 Å². The van der Waals surface area contributed by atoms with Crippen LogP contribution >= 0.6 is 50.7 Å². The Kier molecular flexibility index (Phi) is 6.78. The van der Waals surface area contributed by atoms with Crippen LogP contribution in [0.2, 0.25) is 5.02 Å². The lowest BCUT2D eigenvalue weighted by molar-refractivity contribution is -0.146. The fourth-order valence-corrected chi connectivity index (χ4v) is 8.83. The summed E-state index contributed by atoms with van der Waals surface area (Å²) >= 11 is 25.0. The summed E-state index contributed by atoms with van der Waals surface area (Å²) in [7, 11) is 0. The largest absolute Gasteiger partial charge is 0.324 e. The molecule has 0 aromatic heterocycles. The van der Waals surface area contributed by atoms with Gasteiger partial charge in [0.15, 0.2) is 0 Å². The predicted octanol–water partition coefficient (Wildman–Crippen LogP) is 7.55. The molecule has 5 nitrogen and oxygen atoms in total. The summed E-state index contributed by atoms with van der Waals surface area (Å²) in [6, 6.07) is 26.5. The van der Waals surface area contributed by atoms with Gasteiger partial charge >= 0.3 is 0 Å². The molecule has 216 valence electrons. The molecule has 0 saturated carbocycles. The van der Waals surface area contributed by atoms with E-state index in [1.54, 1.807) is 19.1 Å². The molecule has 4 aromatic carbocycles. The molecular weight excluding hydrogens is 671 g/mol. The van der Waals surface area contributed by atoms with Crippen molar-refractivity contribution in [3.8, 4) is 0 Å². The smallest absolute Gasteiger partial charge is 0.248 e. The maximum Gasteiger partial charge on any atom is 0.248 e. The number of benzene rings is 4. The van der Waals surface area contributed by atoms with Crippen molar-refractivity contribution >= 4 is 74.1 Å². The van der Waals surface area contributed by atoms with Crippen LogP contribution in [-0.2, 0) is 30.6 Å². The topological polar surface area (TPSA) is 66.5 Å². The standard InChI is InChI=1S/C34H24BrCl3N2O3/c1-18-25(16-15-24(35)29(18)36)39-30(41)26(17-19-9-3-2-4-10-19)40-31(42)27-28(32(40)43)34(38)21-12-6-5-11-20(21)33(27,37)22-13-7-8-14-23(22)34/h2-16,26-28H,17H2,1H3,(H,39,41)/t26-,27-,28-,33?,34?/m0/s1. The minimum atomic E-state index is -1.33. The Morgan fingerprint density at radius 2 is 1.28 bits per heavy atom. The van der Waals surface area contributed by atoms with E-state index in [1.165, 1.54) is 0 Å². The first kappa shape index (κ1) is 28.6. The summed E-state index contributed by atoms with van der Waals surface area (Å²) in [5, 5.41) is 3.39. The zero-order valence-corrected chi connectivity index (χ0v) is 26.6. The van der Waals surface area contributed by atoms with Crippen molar-refractivity contribution in [3.05, 3.63) is 134 Å². The molecule has 1 N–H and O–H groups in total. The van der Waals surface area contributed by atoms with Crippen LogP contribution in [0, 0.1) is 18.8 Å². The Morgan fingerprint density at radius 3 is 1.77 bits per heavy atom. The average Bonchev–Trinajstić information content (AvgIpc) is 3.30. The average molecular weight is 695 g/mol. The van der Waals surface area contributed by atoms with Crippen LogP contribution in [0.1, 0.15) is 33.4 Å². The quantitative estimate of drug-likeness (QED) is 0.173. The summed E-state index contributed by atoms with van der Waals surface area (Å²) in [6.07, 6.45) is 0.109. The number of halogens is 4. The molecule has 1 aliphatic heterocycles. The molecule has 4 aromatic rings. The molecule has 0 radical (unpaired) electrons. The molecule has 2 bridgehead atoms. The number of nitrogens with one attached hydrogen (secondary N) is 1. The van der Waals surface area contributed by atoms with E-state index in [4.69, 9.17) is 34.8 Å². The van der Waals surface area contributed by atoms with Crippen LogP contribution < -0.4 is 5.32 Å². The number of rotatable bonds is 5. The Balaban J connectivity index is 1.36. The fraction of sp³-hybridized carbons (Fsp3) is 0.206. The van der Waals surface area contributed by atoms with E-state index in [-0.39, 0.29) is 6.42 Å². The van der Waals surface area contributed by atoms with Gasteiger partial charge in [-0.25, -0.2) is 0 Å². The summed E-state index contributed by atoms with van der Waals surface area (Å²) < 4.78 is 0.689. The molecule has 4 aliphatic rings. The Morgan fingerprint density at radius 1 is 0.814 bits per heavy atom. The third-order valence-corrected chi connectivity index (χ3v) is 11.8. The summed E-state index contributed by atoms with van der Waals surface area (Å²) in [5.74, 6) is -3.54. The Labute approximate surface area is 272 Å². The zero-order valence-electron chi connectivity index (χ0n) is 22.8. The lowest BCUT2D eigenvalue weighted by atomic mass is 9.54. The number of amides is 3. The van der Waals surface area contributed by atoms with Gasteiger partial charge in [-0.3, -0.25) is 19.3 Å². The SMILES string of the molecule is Cc1c(NC(=O)[C@H](Cc2ccccc2)N2C(=O)[C@@H]3[C@@H](C2=O)C2(Cl)c4ccccc4C3(Cl)c3ccccc32)ccc(Br)c1Cl. The van der Waals surface area contributed by atoms with Gasteiger partial charge in [-0.1, -0.05) is 90.5 Å². The molecule has 43 heavy (non-hydrogen) atoms. The molecule has 3 atom stereocenters. The number of carbonyl (C=O) groups excluding carboxylic acids is 3. The van der Waals surface area contributed by atoms with E-state index in [9.17, 15) is 14.4 Å². The number of nitrogens with zero attached hydrogens (tertiary/aromatic N) is 1. The van der Waals surface area contributed by atoms with E-state index in [1.807, 2.05) is 78.9 Å². The minimum Gasteiger partial charge on any atom is -0.324 e. The van der Waals surface area contributed by atoms with Gasteiger partial charge in [0.25, 0.3) is 0 Å². The van der Waals surface area contributed by atoms with Crippen LogP contribution in [-0.4, -0.2) is 28.7 Å². The number of imide groups is 1. The lowest BCUT2D eigenvalue weighted by Crippen LogP contribution is -2.57. The molecule has 9 heteroatoms. The van der Waals surface area contributed by atoms with Gasteiger partial charge < -0.3 is 5.32 Å². The maximum atomic E-state index is 14.6. The predicted molar refractivity (Wildman–Crippen MR) is 171 cm³/mol. The number of hydrogen-bond acceptors (Lipinski definition) is 3. The molecule has 1 fully saturated rings. The second-order valence-electron chi connectivity index (χ2n) is 11.2. The molecule has 8 rings (SSSR count). The Hall–Kier alpha value is -3.16. The highest BCUT2D eigenvalue weighted by atomic mass is 79.9. The molecule has 3 amide bonds. The van der Waals surface area contributed by atoms with Crippen molar-refractivity contribution in [2.45, 2.75) is 29.1 Å². The van der Waals surface area contributed by atoms with Gasteiger partial charge in [0.2, 0.25) is 17.7 Å². The summed E-state index contributed by atoms with van der Waals surface area (Å²) in [6.45, 7) is 1.79. The van der Waals surface area contributed by atoms with Gasteiger partial charge in [-0.05, 0) is 68.4 Å². The van der Waals surface area contributed by atoms with Gasteiger partial charge in [-0.15, -0.1) is 23.2 Å². The van der Waals surface area contributed by atoms with E-state index < -0.39 is 45.3 Å². The maximum absolute atomic E-state index is 14.6. The number of carbonyl (C=O) groups is 3.